The lowest BCUT2D eigenvalue weighted by Crippen LogP contribution is -2.50. The maximum atomic E-state index is 12.6. The molecule has 1 aromatic carbocycles. The van der Waals surface area contributed by atoms with E-state index in [0.717, 1.165) is 66.3 Å². The van der Waals surface area contributed by atoms with E-state index < -0.39 is 22.8 Å². The molecule has 2 fully saturated rings. The first-order chi connectivity index (χ1) is 20.6. The van der Waals surface area contributed by atoms with Gasteiger partial charge in [-0.2, -0.15) is 0 Å². The van der Waals surface area contributed by atoms with E-state index in [1.165, 1.54) is 24.3 Å². The van der Waals surface area contributed by atoms with Crippen LogP contribution in [-0.4, -0.2) is 65.0 Å². The van der Waals surface area contributed by atoms with Crippen LogP contribution >= 0.6 is 0 Å². The van der Waals surface area contributed by atoms with E-state index in [1.54, 1.807) is 12.4 Å². The monoisotopic (exact) mass is 616 g/mol. The molecule has 0 amide bonds. The highest BCUT2D eigenvalue weighted by Crippen LogP contribution is 2.42. The molecule has 43 heavy (non-hydrogen) atoms. The van der Waals surface area contributed by atoms with E-state index in [4.69, 9.17) is 4.74 Å². The summed E-state index contributed by atoms with van der Waals surface area (Å²) in [5.41, 5.74) is 2.65. The minimum atomic E-state index is -4.75. The largest absolute Gasteiger partial charge is 0.771 e. The molecular weight excluding hydrogens is 583 g/mol. The topological polar surface area (TPSA) is 116 Å². The first-order valence-corrected chi connectivity index (χ1v) is 15.7. The number of alkyl halides is 3. The molecule has 2 aliphatic rings. The number of nitrogens with zero attached hydrogens (tertiary/aromatic N) is 4. The van der Waals surface area contributed by atoms with Gasteiger partial charge in [0.05, 0.1) is 23.7 Å². The number of fused-ring (bicyclic) bond motifs is 3. The van der Waals surface area contributed by atoms with Crippen molar-refractivity contribution in [1.29, 1.82) is 0 Å². The van der Waals surface area contributed by atoms with Crippen LogP contribution in [0, 0.1) is 18.8 Å². The van der Waals surface area contributed by atoms with Crippen LogP contribution in [-0.2, 0) is 11.1 Å². The van der Waals surface area contributed by atoms with Crippen LogP contribution < -0.4 is 9.47 Å². The fourth-order valence-corrected chi connectivity index (χ4v) is 7.80. The zero-order valence-electron chi connectivity index (χ0n) is 23.7. The molecular formula is C30H33F3N5O4S-. The van der Waals surface area contributed by atoms with Crippen molar-refractivity contribution in [1.82, 2.24) is 24.8 Å². The number of aryl methyl sites for hydroxylation is 1. The third kappa shape index (κ3) is 6.78. The number of piperidine rings is 1. The molecule has 0 bridgehead atoms. The van der Waals surface area contributed by atoms with Crippen molar-refractivity contribution in [2.45, 2.75) is 63.1 Å². The molecule has 1 aliphatic carbocycles. The predicted octanol–water partition coefficient (Wildman–Crippen LogP) is 5.98. The lowest BCUT2D eigenvalue weighted by atomic mass is 9.78. The third-order valence-corrected chi connectivity index (χ3v) is 9.70. The van der Waals surface area contributed by atoms with E-state index in [1.807, 2.05) is 13.0 Å². The van der Waals surface area contributed by atoms with Crippen LogP contribution in [0.5, 0.6) is 11.5 Å². The van der Waals surface area contributed by atoms with Gasteiger partial charge in [-0.25, -0.2) is 15.0 Å². The molecule has 0 radical (unpaired) electrons. The number of likely N-dealkylation sites (tertiary alicyclic amines) is 1. The molecule has 1 saturated carbocycles. The summed E-state index contributed by atoms with van der Waals surface area (Å²) in [7, 11) is 0. The molecule has 13 heteroatoms. The molecule has 9 nitrogen and oxygen atoms in total. The van der Waals surface area contributed by atoms with Crippen molar-refractivity contribution in [3.63, 3.8) is 0 Å². The summed E-state index contributed by atoms with van der Waals surface area (Å²) in [6, 6.07) is 7.28. The Morgan fingerprint density at radius 2 is 1.84 bits per heavy atom. The Morgan fingerprint density at radius 3 is 2.56 bits per heavy atom. The lowest BCUT2D eigenvalue weighted by molar-refractivity contribution is -0.274. The van der Waals surface area contributed by atoms with Gasteiger partial charge < -0.3 is 19.0 Å². The summed E-state index contributed by atoms with van der Waals surface area (Å²) in [6.07, 6.45) is 3.82. The van der Waals surface area contributed by atoms with Crippen LogP contribution in [0.4, 0.5) is 13.2 Å². The number of nitrogens with one attached hydrogen (secondary N) is 1. The van der Waals surface area contributed by atoms with E-state index in [9.17, 15) is 21.9 Å². The van der Waals surface area contributed by atoms with Gasteiger partial charge in [-0.15, -0.1) is 13.2 Å². The Morgan fingerprint density at radius 1 is 1.09 bits per heavy atom. The van der Waals surface area contributed by atoms with Crippen LogP contribution in [0.3, 0.4) is 0 Å². The van der Waals surface area contributed by atoms with Crippen LogP contribution in [0.2, 0.25) is 0 Å². The average Bonchev–Trinajstić information content (AvgIpc) is 3.45. The summed E-state index contributed by atoms with van der Waals surface area (Å²) in [5.74, 6) is 1.32. The summed E-state index contributed by atoms with van der Waals surface area (Å²) in [4.78, 5) is 19.0. The number of aromatic nitrogens is 4. The molecule has 3 aromatic heterocycles. The summed E-state index contributed by atoms with van der Waals surface area (Å²) in [6.45, 7) is 3.58. The van der Waals surface area contributed by atoms with Crippen molar-refractivity contribution in [2.24, 2.45) is 11.8 Å². The summed E-state index contributed by atoms with van der Waals surface area (Å²) >= 11 is -2.26. The van der Waals surface area contributed by atoms with Gasteiger partial charge in [0.15, 0.2) is 5.65 Å². The fraction of sp³-hybridized carbons (Fsp3) is 0.500. The highest BCUT2D eigenvalue weighted by Gasteiger charge is 2.36. The van der Waals surface area contributed by atoms with Crippen LogP contribution in [0.25, 0.3) is 21.9 Å². The Hall–Kier alpha value is -3.29. The second kappa shape index (κ2) is 12.4. The third-order valence-electron chi connectivity index (χ3n) is 8.62. The maximum absolute atomic E-state index is 12.6. The van der Waals surface area contributed by atoms with Gasteiger partial charge in [-0.1, -0.05) is 0 Å². The second-order valence-corrected chi connectivity index (χ2v) is 12.5. The first kappa shape index (κ1) is 29.8. The van der Waals surface area contributed by atoms with Crippen molar-refractivity contribution in [3.05, 3.63) is 54.2 Å². The first-order valence-electron chi connectivity index (χ1n) is 14.6. The molecule has 1 aliphatic heterocycles. The molecule has 3 unspecified atom stereocenters. The van der Waals surface area contributed by atoms with Crippen LogP contribution in [0.15, 0.2) is 42.7 Å². The van der Waals surface area contributed by atoms with Gasteiger partial charge in [0.2, 0.25) is 0 Å². The van der Waals surface area contributed by atoms with Gasteiger partial charge in [-0.3, -0.25) is 9.11 Å². The Kier molecular flexibility index (Phi) is 8.56. The number of H-pyrrole nitrogens is 1. The molecule has 4 heterocycles. The van der Waals surface area contributed by atoms with E-state index in [-0.39, 0.29) is 23.5 Å². The molecule has 230 valence electrons. The fourth-order valence-electron chi connectivity index (χ4n) is 6.78. The zero-order valence-corrected chi connectivity index (χ0v) is 24.5. The van der Waals surface area contributed by atoms with Crippen molar-refractivity contribution >= 4 is 33.0 Å². The molecule has 3 atom stereocenters. The average molecular weight is 617 g/mol. The predicted molar refractivity (Wildman–Crippen MR) is 154 cm³/mol. The Labute approximate surface area is 249 Å². The van der Waals surface area contributed by atoms with Crippen molar-refractivity contribution < 1.29 is 31.4 Å². The minimum Gasteiger partial charge on any atom is -0.771 e. The highest BCUT2D eigenvalue weighted by molar-refractivity contribution is 7.79. The second-order valence-electron chi connectivity index (χ2n) is 11.5. The number of halogens is 3. The number of hydrogen-bond donors (Lipinski definition) is 1. The van der Waals surface area contributed by atoms with E-state index >= 15 is 0 Å². The number of rotatable bonds is 8. The SMILES string of the molecule is Cc1nc2cnc3nccc3c2c(C2CCC(C(N3CCCC(COc4ccc(OC(F)(F)F)cc4)C3)S(=O)[O-])CC2)[nH]1. The minimum absolute atomic E-state index is 0.0203. The van der Waals surface area contributed by atoms with Crippen molar-refractivity contribution in [2.75, 3.05) is 19.7 Å². The molecule has 0 spiro atoms. The summed E-state index contributed by atoms with van der Waals surface area (Å²) < 4.78 is 72.3. The number of aromatic amines is 1. The maximum Gasteiger partial charge on any atom is 0.573 e. The number of benzene rings is 1. The van der Waals surface area contributed by atoms with Gasteiger partial charge >= 0.3 is 6.36 Å². The molecule has 1 saturated heterocycles. The standard InChI is InChI=1S/C30H34F3N5O4S/c1-18-36-25-15-35-28-24(12-13-34-28)26(25)27(37-18)20-4-6-21(7-5-20)29(43(39)40)38-14-2-3-19(16-38)17-41-22-8-10-23(11-9-22)42-30(31,32)33/h8-13,15,19-21,29H,2-7,14,16-17H2,1H3,(H,36,37)(H,39,40)/p-1. The Balaban J connectivity index is 1.09. The van der Waals surface area contributed by atoms with Gasteiger partial charge in [0.1, 0.15) is 17.3 Å². The summed E-state index contributed by atoms with van der Waals surface area (Å²) in [5, 5.41) is 1.45. The number of hydrogen-bond acceptors (Lipinski definition) is 8. The normalized spacial score (nSPS) is 23.3. The smallest absolute Gasteiger partial charge is 0.573 e. The number of pyridine rings is 1. The molecule has 6 rings (SSSR count). The quantitative estimate of drug-likeness (QED) is 0.240. The molecule has 1 N–H and O–H groups in total. The zero-order chi connectivity index (χ0) is 30.1. The van der Waals surface area contributed by atoms with E-state index in [0.29, 0.717) is 31.1 Å². The Bertz CT molecular complexity index is 1590. The van der Waals surface area contributed by atoms with Crippen LogP contribution in [0.1, 0.15) is 56.0 Å². The van der Waals surface area contributed by atoms with Gasteiger partial charge in [0.25, 0.3) is 0 Å². The lowest BCUT2D eigenvalue weighted by Gasteiger charge is -2.44. The van der Waals surface area contributed by atoms with Gasteiger partial charge in [0, 0.05) is 35.1 Å². The van der Waals surface area contributed by atoms with E-state index in [2.05, 4.69) is 29.6 Å². The number of ether oxygens (including phenoxy) is 2. The van der Waals surface area contributed by atoms with Gasteiger partial charge in [-0.05, 0) is 105 Å². The van der Waals surface area contributed by atoms with Crippen molar-refractivity contribution in [3.8, 4) is 11.5 Å². The highest BCUT2D eigenvalue weighted by atomic mass is 32.2. The molecule has 4 aromatic rings.